The maximum absolute atomic E-state index is 12.9. The van der Waals surface area contributed by atoms with Crippen molar-refractivity contribution in [2.24, 2.45) is 5.16 Å². The lowest BCUT2D eigenvalue weighted by Crippen LogP contribution is -2.51. The fourth-order valence-corrected chi connectivity index (χ4v) is 3.91. The maximum atomic E-state index is 12.9. The number of amides is 2. The minimum Gasteiger partial charge on any atom is -0.386 e. The van der Waals surface area contributed by atoms with Crippen LogP contribution in [-0.4, -0.2) is 46.1 Å². The summed E-state index contributed by atoms with van der Waals surface area (Å²) in [7, 11) is 0. The summed E-state index contributed by atoms with van der Waals surface area (Å²) in [6, 6.07) is 10.6. The second kappa shape index (κ2) is 8.21. The van der Waals surface area contributed by atoms with Gasteiger partial charge in [0.05, 0.1) is 6.54 Å². The minimum atomic E-state index is -0.643. The van der Waals surface area contributed by atoms with Gasteiger partial charge in [0.2, 0.25) is 0 Å². The molecule has 1 N–H and O–H groups in total. The lowest BCUT2D eigenvalue weighted by Gasteiger charge is -2.38. The van der Waals surface area contributed by atoms with E-state index < -0.39 is 5.60 Å². The van der Waals surface area contributed by atoms with E-state index in [1.54, 1.807) is 41.6 Å². The van der Waals surface area contributed by atoms with Gasteiger partial charge < -0.3 is 15.1 Å². The zero-order valence-electron chi connectivity index (χ0n) is 15.8. The van der Waals surface area contributed by atoms with Crippen LogP contribution in [0.3, 0.4) is 0 Å². The van der Waals surface area contributed by atoms with E-state index in [9.17, 15) is 9.59 Å². The number of rotatable bonds is 4. The highest BCUT2D eigenvalue weighted by Gasteiger charge is 2.45. The zero-order valence-corrected chi connectivity index (χ0v) is 16.6. The molecule has 1 atom stereocenters. The molecule has 1 aromatic heterocycles. The molecule has 1 saturated heterocycles. The smallest absolute Gasteiger partial charge is 0.269 e. The van der Waals surface area contributed by atoms with Gasteiger partial charge in [0.15, 0.2) is 5.60 Å². The van der Waals surface area contributed by atoms with E-state index in [1.165, 1.54) is 0 Å². The fourth-order valence-electron chi connectivity index (χ4n) is 3.72. The Morgan fingerprint density at radius 1 is 1.24 bits per heavy atom. The summed E-state index contributed by atoms with van der Waals surface area (Å²) in [4.78, 5) is 36.8. The summed E-state index contributed by atoms with van der Waals surface area (Å²) in [5.74, 6) is -0.345. The van der Waals surface area contributed by atoms with E-state index in [1.807, 2.05) is 12.1 Å². The minimum absolute atomic E-state index is 0.0919. The van der Waals surface area contributed by atoms with Gasteiger partial charge in [-0.2, -0.15) is 0 Å². The average molecular weight is 413 g/mol. The molecule has 1 spiro atoms. The summed E-state index contributed by atoms with van der Waals surface area (Å²) in [6.45, 7) is 1.43. The zero-order chi connectivity index (χ0) is 20.3. The molecule has 3 heterocycles. The van der Waals surface area contributed by atoms with E-state index in [0.29, 0.717) is 42.4 Å². The molecule has 150 valence electrons. The highest BCUT2D eigenvalue weighted by atomic mass is 35.5. The van der Waals surface area contributed by atoms with E-state index in [2.05, 4.69) is 15.5 Å². The van der Waals surface area contributed by atoms with Crippen LogP contribution in [0.15, 0.2) is 53.9 Å². The van der Waals surface area contributed by atoms with Gasteiger partial charge in [0.1, 0.15) is 5.71 Å². The van der Waals surface area contributed by atoms with Crippen molar-refractivity contribution >= 4 is 29.1 Å². The van der Waals surface area contributed by atoms with Crippen molar-refractivity contribution in [2.75, 3.05) is 13.1 Å². The highest BCUT2D eigenvalue weighted by Crippen LogP contribution is 2.34. The number of oxime groups is 1. The first-order chi connectivity index (χ1) is 14.0. The van der Waals surface area contributed by atoms with Crippen LogP contribution in [0.1, 0.15) is 35.2 Å². The quantitative estimate of drug-likeness (QED) is 0.836. The number of hydrogen-bond acceptors (Lipinski definition) is 5. The van der Waals surface area contributed by atoms with Crippen LogP contribution >= 0.6 is 11.6 Å². The number of pyridine rings is 1. The number of nitrogens with zero attached hydrogens (tertiary/aromatic N) is 3. The Balaban J connectivity index is 1.37. The molecular weight excluding hydrogens is 392 g/mol. The second-order valence-electron chi connectivity index (χ2n) is 7.37. The number of carbonyl (C=O) groups excluding carboxylic acids is 2. The lowest BCUT2D eigenvalue weighted by atomic mass is 9.87. The monoisotopic (exact) mass is 412 g/mol. The molecule has 0 aliphatic carbocycles. The normalized spacial score (nSPS) is 20.9. The van der Waals surface area contributed by atoms with Gasteiger partial charge in [0.25, 0.3) is 11.8 Å². The Hall–Kier alpha value is -2.93. The first-order valence-corrected chi connectivity index (χ1v) is 9.89. The van der Waals surface area contributed by atoms with Crippen LogP contribution in [0.2, 0.25) is 5.02 Å². The molecule has 2 aromatic rings. The van der Waals surface area contributed by atoms with Gasteiger partial charge in [-0.25, -0.2) is 0 Å². The fraction of sp³-hybridized carbons (Fsp3) is 0.333. The summed E-state index contributed by atoms with van der Waals surface area (Å²) in [6.07, 6.45) is 5.28. The number of benzene rings is 1. The number of carbonyl (C=O) groups is 2. The van der Waals surface area contributed by atoms with Crippen molar-refractivity contribution < 1.29 is 14.4 Å². The van der Waals surface area contributed by atoms with Crippen molar-refractivity contribution in [3.8, 4) is 0 Å². The number of nitrogens with one attached hydrogen (secondary N) is 1. The largest absolute Gasteiger partial charge is 0.386 e. The Labute approximate surface area is 173 Å². The topological polar surface area (TPSA) is 83.9 Å². The van der Waals surface area contributed by atoms with Crippen LogP contribution in [0.4, 0.5) is 0 Å². The molecule has 1 fully saturated rings. The summed E-state index contributed by atoms with van der Waals surface area (Å²) < 4.78 is 0. The van der Waals surface area contributed by atoms with Crippen molar-refractivity contribution in [1.82, 2.24) is 15.2 Å². The van der Waals surface area contributed by atoms with Gasteiger partial charge in [-0.3, -0.25) is 14.6 Å². The molecule has 0 radical (unpaired) electrons. The Morgan fingerprint density at radius 3 is 2.86 bits per heavy atom. The molecule has 7 nitrogen and oxygen atoms in total. The summed E-state index contributed by atoms with van der Waals surface area (Å²) >= 11 is 6.01. The molecule has 4 rings (SSSR count). The van der Waals surface area contributed by atoms with Crippen LogP contribution in [0.25, 0.3) is 0 Å². The van der Waals surface area contributed by atoms with Crippen LogP contribution in [0, 0.1) is 0 Å². The molecule has 0 unspecified atom stereocenters. The van der Waals surface area contributed by atoms with Gasteiger partial charge in [0, 0.05) is 42.5 Å². The predicted octanol–water partition coefficient (Wildman–Crippen LogP) is 2.80. The van der Waals surface area contributed by atoms with Crippen LogP contribution in [-0.2, 0) is 16.2 Å². The molecular formula is C21H21ClN4O3. The third kappa shape index (κ3) is 4.40. The molecule has 29 heavy (non-hydrogen) atoms. The number of piperidine rings is 1. The van der Waals surface area contributed by atoms with Gasteiger partial charge in [-0.1, -0.05) is 22.8 Å². The SMILES string of the molecule is O=C(NCc1ccncc1)C1=NO[C@@]2(CCCN(C(=O)c3cccc(Cl)c3)C2)C1. The maximum Gasteiger partial charge on any atom is 0.269 e. The molecule has 1 aromatic carbocycles. The number of aromatic nitrogens is 1. The standard InChI is InChI=1S/C21H21ClN4O3/c22-17-4-1-3-16(11-17)20(28)26-10-2-7-21(14-26)12-18(25-29-21)19(27)24-13-15-5-8-23-9-6-15/h1,3-6,8-9,11H,2,7,10,12-14H2,(H,24,27)/t21-/m0/s1. The summed E-state index contributed by atoms with van der Waals surface area (Å²) in [5, 5.41) is 7.42. The van der Waals surface area contributed by atoms with E-state index in [-0.39, 0.29) is 11.8 Å². The first kappa shape index (κ1) is 19.4. The second-order valence-corrected chi connectivity index (χ2v) is 7.80. The van der Waals surface area contributed by atoms with Gasteiger partial charge in [-0.15, -0.1) is 0 Å². The lowest BCUT2D eigenvalue weighted by molar-refractivity contribution is -0.115. The highest BCUT2D eigenvalue weighted by molar-refractivity contribution is 6.39. The number of likely N-dealkylation sites (tertiary alicyclic amines) is 1. The molecule has 2 aliphatic heterocycles. The molecule has 0 saturated carbocycles. The van der Waals surface area contributed by atoms with Gasteiger partial charge >= 0.3 is 0 Å². The predicted molar refractivity (Wildman–Crippen MR) is 109 cm³/mol. The van der Waals surface area contributed by atoms with Crippen molar-refractivity contribution in [3.05, 3.63) is 64.9 Å². The third-order valence-corrected chi connectivity index (χ3v) is 5.44. The van der Waals surface area contributed by atoms with Crippen LogP contribution in [0.5, 0.6) is 0 Å². The number of halogens is 1. The third-order valence-electron chi connectivity index (χ3n) is 5.20. The van der Waals surface area contributed by atoms with Crippen molar-refractivity contribution in [3.63, 3.8) is 0 Å². The van der Waals surface area contributed by atoms with Crippen molar-refractivity contribution in [2.45, 2.75) is 31.4 Å². The number of hydrogen-bond donors (Lipinski definition) is 1. The first-order valence-electron chi connectivity index (χ1n) is 9.52. The summed E-state index contributed by atoms with van der Waals surface area (Å²) in [5.41, 5.74) is 1.22. The van der Waals surface area contributed by atoms with E-state index in [4.69, 9.17) is 16.4 Å². The Kier molecular flexibility index (Phi) is 5.49. The van der Waals surface area contributed by atoms with Crippen LogP contribution < -0.4 is 5.32 Å². The Morgan fingerprint density at radius 2 is 2.07 bits per heavy atom. The van der Waals surface area contributed by atoms with Gasteiger partial charge in [-0.05, 0) is 48.7 Å². The average Bonchev–Trinajstić information content (AvgIpc) is 3.15. The molecule has 2 aliphatic rings. The Bertz CT molecular complexity index is 950. The molecule has 0 bridgehead atoms. The van der Waals surface area contributed by atoms with E-state index in [0.717, 1.165) is 18.4 Å². The molecule has 8 heteroatoms. The van der Waals surface area contributed by atoms with E-state index >= 15 is 0 Å². The van der Waals surface area contributed by atoms with Crippen molar-refractivity contribution in [1.29, 1.82) is 0 Å². The molecule has 2 amide bonds.